The molecule has 122 valence electrons. The van der Waals surface area contributed by atoms with Crippen LogP contribution in [-0.2, 0) is 6.42 Å². The SMILES string of the molecule is C/C=C\C(=C/C)CC(C)NCC(Cc1ccccc1)N(C)C. The molecule has 0 heterocycles. The highest BCUT2D eigenvalue weighted by Gasteiger charge is 2.13. The summed E-state index contributed by atoms with van der Waals surface area (Å²) in [6.45, 7) is 7.46. The first-order valence-electron chi connectivity index (χ1n) is 8.28. The molecule has 0 radical (unpaired) electrons. The van der Waals surface area contributed by atoms with Crippen LogP contribution < -0.4 is 5.32 Å². The Hall–Kier alpha value is -1.38. The fourth-order valence-corrected chi connectivity index (χ4v) is 2.58. The molecule has 0 aliphatic carbocycles. The molecular formula is C20H32N2. The number of likely N-dealkylation sites (N-methyl/N-ethyl adjacent to an activating group) is 1. The van der Waals surface area contributed by atoms with Gasteiger partial charge in [0.25, 0.3) is 0 Å². The van der Waals surface area contributed by atoms with Gasteiger partial charge in [-0.25, -0.2) is 0 Å². The summed E-state index contributed by atoms with van der Waals surface area (Å²) < 4.78 is 0. The largest absolute Gasteiger partial charge is 0.312 e. The number of nitrogens with one attached hydrogen (secondary N) is 1. The van der Waals surface area contributed by atoms with Crippen LogP contribution in [0.2, 0.25) is 0 Å². The van der Waals surface area contributed by atoms with Crippen LogP contribution in [0.4, 0.5) is 0 Å². The topological polar surface area (TPSA) is 15.3 Å². The Labute approximate surface area is 136 Å². The quantitative estimate of drug-likeness (QED) is 0.692. The first-order chi connectivity index (χ1) is 10.6. The Balaban J connectivity index is 2.50. The summed E-state index contributed by atoms with van der Waals surface area (Å²) in [7, 11) is 4.33. The van der Waals surface area contributed by atoms with Crippen LogP contribution in [0, 0.1) is 0 Å². The maximum absolute atomic E-state index is 3.69. The van der Waals surface area contributed by atoms with Crippen molar-refractivity contribution < 1.29 is 0 Å². The van der Waals surface area contributed by atoms with Gasteiger partial charge in [0.15, 0.2) is 0 Å². The molecule has 1 aromatic rings. The molecule has 1 aromatic carbocycles. The maximum atomic E-state index is 3.69. The first-order valence-corrected chi connectivity index (χ1v) is 8.28. The van der Waals surface area contributed by atoms with Crippen molar-refractivity contribution in [2.45, 2.75) is 45.7 Å². The van der Waals surface area contributed by atoms with E-state index in [9.17, 15) is 0 Å². The summed E-state index contributed by atoms with van der Waals surface area (Å²) in [6.07, 6.45) is 8.67. The molecule has 0 aliphatic rings. The molecule has 0 aromatic heterocycles. The molecule has 2 heteroatoms. The number of rotatable bonds is 9. The Kier molecular flexibility index (Phi) is 8.79. The Morgan fingerprint density at radius 3 is 2.41 bits per heavy atom. The lowest BCUT2D eigenvalue weighted by Crippen LogP contribution is -2.42. The van der Waals surface area contributed by atoms with Gasteiger partial charge in [-0.05, 0) is 53.3 Å². The predicted molar refractivity (Wildman–Crippen MR) is 98.3 cm³/mol. The summed E-state index contributed by atoms with van der Waals surface area (Å²) in [5.41, 5.74) is 2.80. The zero-order valence-corrected chi connectivity index (χ0v) is 14.8. The van der Waals surface area contributed by atoms with Gasteiger partial charge >= 0.3 is 0 Å². The van der Waals surface area contributed by atoms with Crippen molar-refractivity contribution in [2.75, 3.05) is 20.6 Å². The minimum Gasteiger partial charge on any atom is -0.312 e. The second-order valence-corrected chi connectivity index (χ2v) is 6.18. The molecule has 0 spiro atoms. The molecule has 1 rings (SSSR count). The lowest BCUT2D eigenvalue weighted by molar-refractivity contribution is 0.274. The molecule has 0 aliphatic heterocycles. The van der Waals surface area contributed by atoms with Crippen molar-refractivity contribution in [1.29, 1.82) is 0 Å². The van der Waals surface area contributed by atoms with Gasteiger partial charge in [-0.3, -0.25) is 0 Å². The standard InChI is InChI=1S/C20H32N2/c1-6-11-18(7-2)14-17(3)21-16-20(22(4)5)15-19-12-9-8-10-13-19/h6-13,17,20-21H,14-16H2,1-5H3/b11-6-,18-7+. The van der Waals surface area contributed by atoms with E-state index < -0.39 is 0 Å². The number of nitrogens with zero attached hydrogens (tertiary/aromatic N) is 1. The summed E-state index contributed by atoms with van der Waals surface area (Å²) >= 11 is 0. The molecule has 0 bridgehead atoms. The van der Waals surface area contributed by atoms with E-state index in [1.165, 1.54) is 11.1 Å². The Morgan fingerprint density at radius 1 is 1.18 bits per heavy atom. The highest BCUT2D eigenvalue weighted by Crippen LogP contribution is 2.09. The lowest BCUT2D eigenvalue weighted by Gasteiger charge is -2.27. The number of benzene rings is 1. The van der Waals surface area contributed by atoms with E-state index >= 15 is 0 Å². The molecule has 0 saturated carbocycles. The highest BCUT2D eigenvalue weighted by molar-refractivity contribution is 5.18. The third-order valence-electron chi connectivity index (χ3n) is 4.04. The van der Waals surface area contributed by atoms with Crippen molar-refractivity contribution in [3.63, 3.8) is 0 Å². The average molecular weight is 300 g/mol. The average Bonchev–Trinajstić information content (AvgIpc) is 2.51. The van der Waals surface area contributed by atoms with Crippen LogP contribution in [0.1, 0.15) is 32.8 Å². The van der Waals surface area contributed by atoms with Crippen molar-refractivity contribution in [1.82, 2.24) is 10.2 Å². The first kappa shape index (κ1) is 18.7. The minimum absolute atomic E-state index is 0.487. The summed E-state index contributed by atoms with van der Waals surface area (Å²) in [4.78, 5) is 2.31. The molecule has 22 heavy (non-hydrogen) atoms. The molecule has 0 saturated heterocycles. The van der Waals surface area contributed by atoms with E-state index in [4.69, 9.17) is 0 Å². The minimum atomic E-state index is 0.487. The van der Waals surface area contributed by atoms with Crippen LogP contribution in [0.15, 0.2) is 54.1 Å². The van der Waals surface area contributed by atoms with Crippen molar-refractivity contribution in [2.24, 2.45) is 0 Å². The van der Waals surface area contributed by atoms with Crippen molar-refractivity contribution in [3.8, 4) is 0 Å². The van der Waals surface area contributed by atoms with Crippen molar-refractivity contribution in [3.05, 3.63) is 59.7 Å². The molecular weight excluding hydrogens is 268 g/mol. The lowest BCUT2D eigenvalue weighted by atomic mass is 10.0. The van der Waals surface area contributed by atoms with Crippen LogP contribution in [0.5, 0.6) is 0 Å². The molecule has 0 fully saturated rings. The predicted octanol–water partition coefficient (Wildman–Crippen LogP) is 4.05. The van der Waals surface area contributed by atoms with Gasteiger partial charge in [-0.2, -0.15) is 0 Å². The molecule has 2 atom stereocenters. The van der Waals surface area contributed by atoms with Gasteiger partial charge in [0.1, 0.15) is 0 Å². The highest BCUT2D eigenvalue weighted by atomic mass is 15.1. The van der Waals surface area contributed by atoms with E-state index in [0.717, 1.165) is 19.4 Å². The van der Waals surface area contributed by atoms with E-state index in [-0.39, 0.29) is 0 Å². The molecule has 2 unspecified atom stereocenters. The Bertz CT molecular complexity index is 460. The van der Waals surface area contributed by atoms with Crippen LogP contribution in [-0.4, -0.2) is 37.6 Å². The van der Waals surface area contributed by atoms with Gasteiger partial charge in [0.05, 0.1) is 0 Å². The smallest absolute Gasteiger partial charge is 0.0255 e. The van der Waals surface area contributed by atoms with Crippen LogP contribution >= 0.6 is 0 Å². The molecule has 0 amide bonds. The van der Waals surface area contributed by atoms with Gasteiger partial charge in [-0.1, -0.05) is 54.1 Å². The van der Waals surface area contributed by atoms with E-state index in [1.54, 1.807) is 0 Å². The van der Waals surface area contributed by atoms with Gasteiger partial charge in [0.2, 0.25) is 0 Å². The second kappa shape index (κ2) is 10.4. The summed E-state index contributed by atoms with van der Waals surface area (Å²) in [5.74, 6) is 0. The summed E-state index contributed by atoms with van der Waals surface area (Å²) in [5, 5.41) is 3.69. The van der Waals surface area contributed by atoms with E-state index in [0.29, 0.717) is 12.1 Å². The zero-order valence-electron chi connectivity index (χ0n) is 14.8. The maximum Gasteiger partial charge on any atom is 0.0255 e. The fourth-order valence-electron chi connectivity index (χ4n) is 2.58. The number of hydrogen-bond acceptors (Lipinski definition) is 2. The fraction of sp³-hybridized carbons (Fsp3) is 0.500. The van der Waals surface area contributed by atoms with Gasteiger partial charge in [0, 0.05) is 18.6 Å². The number of allylic oxidation sites excluding steroid dienone is 3. The summed E-state index contributed by atoms with van der Waals surface area (Å²) in [6, 6.07) is 11.7. The van der Waals surface area contributed by atoms with E-state index in [1.807, 2.05) is 0 Å². The normalized spacial score (nSPS) is 15.5. The van der Waals surface area contributed by atoms with E-state index in [2.05, 4.69) is 93.6 Å². The van der Waals surface area contributed by atoms with Gasteiger partial charge in [-0.15, -0.1) is 0 Å². The van der Waals surface area contributed by atoms with Crippen LogP contribution in [0.3, 0.4) is 0 Å². The van der Waals surface area contributed by atoms with Crippen LogP contribution in [0.25, 0.3) is 0 Å². The molecule has 2 nitrogen and oxygen atoms in total. The zero-order chi connectivity index (χ0) is 16.4. The third-order valence-corrected chi connectivity index (χ3v) is 4.04. The van der Waals surface area contributed by atoms with Crippen molar-refractivity contribution >= 4 is 0 Å². The third kappa shape index (κ3) is 7.06. The molecule has 1 N–H and O–H groups in total. The monoisotopic (exact) mass is 300 g/mol. The second-order valence-electron chi connectivity index (χ2n) is 6.18. The Morgan fingerprint density at radius 2 is 1.86 bits per heavy atom. The van der Waals surface area contributed by atoms with Gasteiger partial charge < -0.3 is 10.2 Å². The number of hydrogen-bond donors (Lipinski definition) is 1.